The molecule has 1 aliphatic heterocycles. The highest BCUT2D eigenvalue weighted by Crippen LogP contribution is 2.33. The van der Waals surface area contributed by atoms with Gasteiger partial charge in [0.25, 0.3) is 5.91 Å². The first kappa shape index (κ1) is 22.1. The van der Waals surface area contributed by atoms with Crippen molar-refractivity contribution in [2.45, 2.75) is 38.8 Å². The molecule has 2 unspecified atom stereocenters. The zero-order valence-corrected chi connectivity index (χ0v) is 17.9. The molecule has 1 fully saturated rings. The van der Waals surface area contributed by atoms with Crippen molar-refractivity contribution < 1.29 is 14.7 Å². The summed E-state index contributed by atoms with van der Waals surface area (Å²) >= 11 is 6.01. The number of amides is 1. The molecule has 7 nitrogen and oxygen atoms in total. The first-order valence-electron chi connectivity index (χ1n) is 10.0. The van der Waals surface area contributed by atoms with Crippen molar-refractivity contribution in [2.24, 2.45) is 11.7 Å². The van der Waals surface area contributed by atoms with Crippen molar-refractivity contribution in [3.05, 3.63) is 53.2 Å². The van der Waals surface area contributed by atoms with Crippen LogP contribution in [0.15, 0.2) is 42.6 Å². The van der Waals surface area contributed by atoms with E-state index in [1.807, 2.05) is 35.8 Å². The van der Waals surface area contributed by atoms with Gasteiger partial charge in [-0.3, -0.25) is 14.5 Å². The molecule has 1 amide bonds. The van der Waals surface area contributed by atoms with Crippen molar-refractivity contribution in [3.63, 3.8) is 0 Å². The molecule has 0 bridgehead atoms. The minimum absolute atomic E-state index is 0.111. The summed E-state index contributed by atoms with van der Waals surface area (Å²) in [6, 6.07) is 10.3. The fraction of sp³-hybridized carbons (Fsp3) is 0.409. The molecular weight excluding hydrogens is 404 g/mol. The predicted molar refractivity (Wildman–Crippen MR) is 117 cm³/mol. The Morgan fingerprint density at radius 3 is 2.63 bits per heavy atom. The van der Waals surface area contributed by atoms with Crippen molar-refractivity contribution in [1.82, 2.24) is 9.88 Å². The highest BCUT2D eigenvalue weighted by Gasteiger charge is 2.35. The number of nitrogens with zero attached hydrogens (tertiary/aromatic N) is 3. The van der Waals surface area contributed by atoms with Gasteiger partial charge in [-0.25, -0.2) is 4.98 Å². The second-order valence-electron chi connectivity index (χ2n) is 7.90. The number of hydrogen-bond acceptors (Lipinski definition) is 5. The van der Waals surface area contributed by atoms with Crippen LogP contribution in [0.3, 0.4) is 0 Å². The lowest BCUT2D eigenvalue weighted by Gasteiger charge is -2.41. The largest absolute Gasteiger partial charge is 0.480 e. The molecular formula is C22H27ClN4O3. The van der Waals surface area contributed by atoms with Gasteiger partial charge in [-0.15, -0.1) is 0 Å². The van der Waals surface area contributed by atoms with E-state index < -0.39 is 17.9 Å². The van der Waals surface area contributed by atoms with Gasteiger partial charge < -0.3 is 15.7 Å². The number of aliphatic carboxylic acids is 1. The molecule has 0 saturated carbocycles. The summed E-state index contributed by atoms with van der Waals surface area (Å²) in [6.07, 6.45) is 2.93. The van der Waals surface area contributed by atoms with E-state index in [1.54, 1.807) is 30.5 Å². The third kappa shape index (κ3) is 4.91. The molecule has 0 spiro atoms. The number of aromatic nitrogens is 1. The van der Waals surface area contributed by atoms with Crippen molar-refractivity contribution in [3.8, 4) is 0 Å². The first-order valence-corrected chi connectivity index (χ1v) is 10.4. The smallest absolute Gasteiger partial charge is 0.320 e. The molecule has 0 radical (unpaired) electrons. The number of rotatable bonds is 7. The van der Waals surface area contributed by atoms with Gasteiger partial charge in [-0.05, 0) is 63.4 Å². The monoisotopic (exact) mass is 430 g/mol. The molecule has 2 atom stereocenters. The molecule has 1 aliphatic rings. The average Bonchev–Trinajstić information content (AvgIpc) is 2.72. The van der Waals surface area contributed by atoms with Crippen LogP contribution in [-0.4, -0.2) is 52.0 Å². The maximum atomic E-state index is 12.0. The van der Waals surface area contributed by atoms with Crippen LogP contribution >= 0.6 is 11.6 Å². The topological polar surface area (TPSA) is 99.8 Å². The minimum Gasteiger partial charge on any atom is -0.480 e. The Kier molecular flexibility index (Phi) is 6.95. The lowest BCUT2D eigenvalue weighted by Crippen LogP contribution is -2.51. The Labute approximate surface area is 181 Å². The molecule has 3 rings (SSSR count). The van der Waals surface area contributed by atoms with Gasteiger partial charge in [0.2, 0.25) is 0 Å². The van der Waals surface area contributed by atoms with E-state index in [9.17, 15) is 14.7 Å². The summed E-state index contributed by atoms with van der Waals surface area (Å²) < 4.78 is 0. The summed E-state index contributed by atoms with van der Waals surface area (Å²) in [5.41, 5.74) is 6.65. The van der Waals surface area contributed by atoms with Crippen LogP contribution in [0.25, 0.3) is 0 Å². The molecule has 2 aromatic rings. The number of halogens is 1. The molecule has 1 aromatic heterocycles. The molecule has 160 valence electrons. The van der Waals surface area contributed by atoms with E-state index in [4.69, 9.17) is 17.3 Å². The second-order valence-corrected chi connectivity index (χ2v) is 8.34. The number of carboxylic acids is 1. The zero-order valence-electron chi connectivity index (χ0n) is 17.2. The van der Waals surface area contributed by atoms with Gasteiger partial charge >= 0.3 is 5.97 Å². The molecule has 3 N–H and O–H groups in total. The number of carboxylic acid groups (broad SMARTS) is 1. The standard InChI is InChI=1S/C22H27ClN4O3/c1-14(2)26-10-9-15(11-19(26)22(29)30)13-27(20-8-7-16(23)12-25-20)18-6-4-3-5-17(18)21(24)28/h3-8,12,14-15,19H,9-11,13H2,1-2H3,(H2,24,28)(H,29,30). The Morgan fingerprint density at radius 2 is 2.03 bits per heavy atom. The third-order valence-corrected chi connectivity index (χ3v) is 5.81. The third-order valence-electron chi connectivity index (χ3n) is 5.59. The van der Waals surface area contributed by atoms with Crippen molar-refractivity contribution in [2.75, 3.05) is 18.0 Å². The number of benzene rings is 1. The van der Waals surface area contributed by atoms with Crippen molar-refractivity contribution >= 4 is 35.0 Å². The van der Waals surface area contributed by atoms with Crippen LogP contribution < -0.4 is 10.6 Å². The number of primary amides is 1. The van der Waals surface area contributed by atoms with Gasteiger partial charge in [0.15, 0.2) is 0 Å². The summed E-state index contributed by atoms with van der Waals surface area (Å²) in [7, 11) is 0. The lowest BCUT2D eigenvalue weighted by atomic mass is 9.89. The Morgan fingerprint density at radius 1 is 1.30 bits per heavy atom. The van der Waals surface area contributed by atoms with Crippen LogP contribution in [0, 0.1) is 5.92 Å². The minimum atomic E-state index is -0.804. The number of pyridine rings is 1. The Balaban J connectivity index is 1.93. The van der Waals surface area contributed by atoms with E-state index in [0.29, 0.717) is 41.6 Å². The maximum absolute atomic E-state index is 12.0. The fourth-order valence-corrected chi connectivity index (χ4v) is 4.21. The Hall–Kier alpha value is -2.64. The van der Waals surface area contributed by atoms with Gasteiger partial charge in [-0.2, -0.15) is 0 Å². The molecule has 2 heterocycles. The predicted octanol–water partition coefficient (Wildman–Crippen LogP) is 3.55. The number of nitrogens with two attached hydrogens (primary N) is 1. The van der Waals surface area contributed by atoms with Gasteiger partial charge in [0.05, 0.1) is 16.3 Å². The van der Waals surface area contributed by atoms with E-state index in [2.05, 4.69) is 4.98 Å². The summed E-state index contributed by atoms with van der Waals surface area (Å²) in [6.45, 7) is 5.26. The van der Waals surface area contributed by atoms with E-state index in [-0.39, 0.29) is 12.0 Å². The number of likely N-dealkylation sites (tertiary alicyclic amines) is 1. The molecule has 1 saturated heterocycles. The van der Waals surface area contributed by atoms with Crippen LogP contribution in [-0.2, 0) is 4.79 Å². The number of carbonyl (C=O) groups excluding carboxylic acids is 1. The van der Waals surface area contributed by atoms with Gasteiger partial charge in [0, 0.05) is 18.8 Å². The number of hydrogen-bond donors (Lipinski definition) is 2. The lowest BCUT2D eigenvalue weighted by molar-refractivity contribution is -0.146. The fourth-order valence-electron chi connectivity index (χ4n) is 4.10. The number of carbonyl (C=O) groups is 2. The van der Waals surface area contributed by atoms with Crippen LogP contribution in [0.4, 0.5) is 11.5 Å². The normalized spacial score (nSPS) is 19.6. The van der Waals surface area contributed by atoms with Crippen LogP contribution in [0.1, 0.15) is 37.0 Å². The average molecular weight is 431 g/mol. The number of piperidine rings is 1. The quantitative estimate of drug-likeness (QED) is 0.696. The second kappa shape index (κ2) is 9.45. The van der Waals surface area contributed by atoms with Crippen molar-refractivity contribution in [1.29, 1.82) is 0 Å². The van der Waals surface area contributed by atoms with Gasteiger partial charge in [0.1, 0.15) is 11.9 Å². The molecule has 8 heteroatoms. The summed E-state index contributed by atoms with van der Waals surface area (Å²) in [5.74, 6) is -0.588. The van der Waals surface area contributed by atoms with Crippen LogP contribution in [0.5, 0.6) is 0 Å². The van der Waals surface area contributed by atoms with E-state index in [0.717, 1.165) is 6.42 Å². The molecule has 1 aromatic carbocycles. The van der Waals surface area contributed by atoms with E-state index in [1.165, 1.54) is 0 Å². The summed E-state index contributed by atoms with van der Waals surface area (Å²) in [4.78, 5) is 32.3. The molecule has 0 aliphatic carbocycles. The number of para-hydroxylation sites is 1. The zero-order chi connectivity index (χ0) is 21.8. The molecule has 30 heavy (non-hydrogen) atoms. The van der Waals surface area contributed by atoms with E-state index >= 15 is 0 Å². The highest BCUT2D eigenvalue weighted by molar-refractivity contribution is 6.30. The first-order chi connectivity index (χ1) is 14.3. The SMILES string of the molecule is CC(C)N1CCC(CN(c2ccc(Cl)cn2)c2ccccc2C(N)=O)CC1C(=O)O. The van der Waals surface area contributed by atoms with Gasteiger partial charge in [-0.1, -0.05) is 23.7 Å². The summed E-state index contributed by atoms with van der Waals surface area (Å²) in [5, 5.41) is 10.3. The highest BCUT2D eigenvalue weighted by atomic mass is 35.5. The Bertz CT molecular complexity index is 904. The number of anilines is 2. The van der Waals surface area contributed by atoms with Crippen LogP contribution in [0.2, 0.25) is 5.02 Å². The maximum Gasteiger partial charge on any atom is 0.320 e.